The number of hydrogen-bond acceptors (Lipinski definition) is 6. The quantitative estimate of drug-likeness (QED) is 0.304. The topological polar surface area (TPSA) is 97.4 Å². The summed E-state index contributed by atoms with van der Waals surface area (Å²) in [7, 11) is 0. The summed E-state index contributed by atoms with van der Waals surface area (Å²) in [4.78, 5) is 29.6. The van der Waals surface area contributed by atoms with Gasteiger partial charge in [-0.25, -0.2) is 9.50 Å². The SMILES string of the molecule is CC(C)(C#N)c1cccc(CC(=O)c2cccc(Oc3ccc4nc(CC(=O)C5CC5)cn4n3)c2)c1. The minimum absolute atomic E-state index is 0.0460. The van der Waals surface area contributed by atoms with Crippen LogP contribution in [-0.4, -0.2) is 26.2 Å². The zero-order chi connectivity index (χ0) is 25.3. The van der Waals surface area contributed by atoms with Crippen molar-refractivity contribution >= 4 is 17.2 Å². The van der Waals surface area contributed by atoms with Crippen LogP contribution in [0.3, 0.4) is 0 Å². The molecule has 0 unspecified atom stereocenters. The Morgan fingerprint density at radius 1 is 1.08 bits per heavy atom. The third-order valence-electron chi connectivity index (χ3n) is 6.40. The number of fused-ring (bicyclic) bond motifs is 1. The van der Waals surface area contributed by atoms with E-state index in [0.717, 1.165) is 24.0 Å². The number of benzene rings is 2. The number of aromatic nitrogens is 3. The summed E-state index contributed by atoms with van der Waals surface area (Å²) < 4.78 is 7.54. The Labute approximate surface area is 209 Å². The Hall–Kier alpha value is -4.31. The van der Waals surface area contributed by atoms with Gasteiger partial charge in [0.1, 0.15) is 11.5 Å². The first-order valence-electron chi connectivity index (χ1n) is 12.0. The van der Waals surface area contributed by atoms with Crippen molar-refractivity contribution in [2.75, 3.05) is 0 Å². The average Bonchev–Trinajstić information content (AvgIpc) is 3.65. The summed E-state index contributed by atoms with van der Waals surface area (Å²) in [6.07, 6.45) is 4.27. The molecule has 1 saturated carbocycles. The fourth-order valence-electron chi connectivity index (χ4n) is 4.06. The number of ether oxygens (including phenoxy) is 1. The maximum atomic E-state index is 13.0. The van der Waals surface area contributed by atoms with Gasteiger partial charge in [-0.15, -0.1) is 5.10 Å². The number of Topliss-reactive ketones (excluding diaryl/α,β-unsaturated/α-hetero) is 2. The van der Waals surface area contributed by atoms with E-state index in [1.54, 1.807) is 47.1 Å². The Bertz CT molecular complexity index is 1510. The fourth-order valence-corrected chi connectivity index (χ4v) is 4.06. The highest BCUT2D eigenvalue weighted by molar-refractivity contribution is 5.97. The Balaban J connectivity index is 1.29. The summed E-state index contributed by atoms with van der Waals surface area (Å²) >= 11 is 0. The Morgan fingerprint density at radius 3 is 2.67 bits per heavy atom. The third-order valence-corrected chi connectivity index (χ3v) is 6.40. The normalized spacial score (nSPS) is 13.4. The van der Waals surface area contributed by atoms with Crippen LogP contribution in [0, 0.1) is 17.2 Å². The number of hydrogen-bond donors (Lipinski definition) is 0. The highest BCUT2D eigenvalue weighted by Gasteiger charge is 2.29. The van der Waals surface area contributed by atoms with Gasteiger partial charge in [0.15, 0.2) is 11.4 Å². The number of nitriles is 1. The zero-order valence-electron chi connectivity index (χ0n) is 20.3. The molecule has 2 heterocycles. The first-order chi connectivity index (χ1) is 17.3. The number of imidazole rings is 1. The van der Waals surface area contributed by atoms with Crippen LogP contribution in [0.5, 0.6) is 11.6 Å². The van der Waals surface area contributed by atoms with Crippen LogP contribution in [0.2, 0.25) is 0 Å². The van der Waals surface area contributed by atoms with E-state index in [9.17, 15) is 14.9 Å². The van der Waals surface area contributed by atoms with Crippen molar-refractivity contribution in [1.29, 1.82) is 5.26 Å². The Kier molecular flexibility index (Phi) is 6.11. The molecule has 0 spiro atoms. The molecule has 2 aromatic carbocycles. The molecule has 1 aliphatic rings. The molecule has 0 saturated heterocycles. The lowest BCUT2D eigenvalue weighted by Gasteiger charge is -2.16. The van der Waals surface area contributed by atoms with Gasteiger partial charge in [-0.2, -0.15) is 5.26 Å². The van der Waals surface area contributed by atoms with Gasteiger partial charge in [0.05, 0.1) is 29.8 Å². The molecule has 0 amide bonds. The van der Waals surface area contributed by atoms with Crippen LogP contribution in [0.4, 0.5) is 0 Å². The van der Waals surface area contributed by atoms with E-state index in [4.69, 9.17) is 4.74 Å². The van der Waals surface area contributed by atoms with E-state index in [-0.39, 0.29) is 23.9 Å². The second-order valence-corrected chi connectivity index (χ2v) is 9.79. The van der Waals surface area contributed by atoms with Crippen LogP contribution in [-0.2, 0) is 23.1 Å². The summed E-state index contributed by atoms with van der Waals surface area (Å²) in [6.45, 7) is 3.72. The van der Waals surface area contributed by atoms with Gasteiger partial charge in [0, 0.05) is 24.0 Å². The van der Waals surface area contributed by atoms with Crippen LogP contribution in [0.1, 0.15) is 53.9 Å². The van der Waals surface area contributed by atoms with Crippen LogP contribution >= 0.6 is 0 Å². The lowest BCUT2D eigenvalue weighted by molar-refractivity contribution is -0.119. The van der Waals surface area contributed by atoms with Crippen molar-refractivity contribution in [3.63, 3.8) is 0 Å². The van der Waals surface area contributed by atoms with Gasteiger partial charge in [-0.1, -0.05) is 36.4 Å². The molecule has 7 nitrogen and oxygen atoms in total. The Morgan fingerprint density at radius 2 is 1.89 bits per heavy atom. The molecule has 2 aromatic heterocycles. The molecule has 5 rings (SSSR count). The second kappa shape index (κ2) is 9.38. The first-order valence-corrected chi connectivity index (χ1v) is 12.0. The molecule has 0 N–H and O–H groups in total. The molecular weight excluding hydrogens is 452 g/mol. The highest BCUT2D eigenvalue weighted by atomic mass is 16.5. The van der Waals surface area contributed by atoms with E-state index in [1.165, 1.54) is 0 Å². The predicted molar refractivity (Wildman–Crippen MR) is 134 cm³/mol. The number of ketones is 2. The van der Waals surface area contributed by atoms with E-state index < -0.39 is 5.41 Å². The van der Waals surface area contributed by atoms with Gasteiger partial charge in [0.2, 0.25) is 5.88 Å². The average molecular weight is 479 g/mol. The van der Waals surface area contributed by atoms with E-state index >= 15 is 0 Å². The molecule has 0 radical (unpaired) electrons. The molecule has 0 aliphatic heterocycles. The standard InChI is InChI=1S/C29H26N4O3/c1-29(2,18-30)22-7-3-5-19(13-22)14-25(34)21-6-4-8-24(15-21)36-28-12-11-27-31-23(17-33(27)32-28)16-26(35)20-9-10-20/h3-8,11-13,15,17,20H,9-10,14,16H2,1-2H3. The largest absolute Gasteiger partial charge is 0.438 e. The molecule has 36 heavy (non-hydrogen) atoms. The fraction of sp³-hybridized carbons (Fsp3) is 0.276. The smallest absolute Gasteiger partial charge is 0.237 e. The number of carbonyl (C=O) groups is 2. The maximum absolute atomic E-state index is 13.0. The molecule has 1 aliphatic carbocycles. The highest BCUT2D eigenvalue weighted by Crippen LogP contribution is 2.31. The van der Waals surface area contributed by atoms with Gasteiger partial charge < -0.3 is 4.74 Å². The summed E-state index contributed by atoms with van der Waals surface area (Å²) in [5.74, 6) is 1.24. The van der Waals surface area contributed by atoms with E-state index in [0.29, 0.717) is 35.0 Å². The monoisotopic (exact) mass is 478 g/mol. The van der Waals surface area contributed by atoms with Crippen molar-refractivity contribution in [2.45, 2.75) is 44.9 Å². The van der Waals surface area contributed by atoms with Gasteiger partial charge in [-0.3, -0.25) is 9.59 Å². The summed E-state index contributed by atoms with van der Waals surface area (Å²) in [5.41, 5.74) is 2.99. The molecule has 1 fully saturated rings. The van der Waals surface area contributed by atoms with Crippen molar-refractivity contribution in [3.8, 4) is 17.7 Å². The lowest BCUT2D eigenvalue weighted by atomic mass is 9.85. The van der Waals surface area contributed by atoms with Crippen molar-refractivity contribution in [2.24, 2.45) is 5.92 Å². The summed E-state index contributed by atoms with van der Waals surface area (Å²) in [5, 5.41) is 13.9. The van der Waals surface area contributed by atoms with Crippen LogP contribution in [0.25, 0.3) is 5.65 Å². The van der Waals surface area contributed by atoms with Crippen molar-refractivity contribution in [3.05, 3.63) is 89.2 Å². The second-order valence-electron chi connectivity index (χ2n) is 9.79. The number of carbonyl (C=O) groups excluding carboxylic acids is 2. The van der Waals surface area contributed by atoms with Crippen molar-refractivity contribution < 1.29 is 14.3 Å². The number of rotatable bonds is 9. The molecule has 0 bridgehead atoms. The van der Waals surface area contributed by atoms with Crippen LogP contribution < -0.4 is 4.74 Å². The molecule has 7 heteroatoms. The predicted octanol–water partition coefficient (Wildman–Crippen LogP) is 5.27. The summed E-state index contributed by atoms with van der Waals surface area (Å²) in [6, 6.07) is 20.4. The molecule has 0 atom stereocenters. The van der Waals surface area contributed by atoms with E-state index in [1.807, 2.05) is 38.1 Å². The van der Waals surface area contributed by atoms with Crippen molar-refractivity contribution in [1.82, 2.24) is 14.6 Å². The third kappa shape index (κ3) is 5.18. The maximum Gasteiger partial charge on any atom is 0.237 e. The van der Waals surface area contributed by atoms with Gasteiger partial charge >= 0.3 is 0 Å². The van der Waals surface area contributed by atoms with Gasteiger partial charge in [-0.05, 0) is 56.0 Å². The minimum Gasteiger partial charge on any atom is -0.438 e. The zero-order valence-corrected chi connectivity index (χ0v) is 20.3. The van der Waals surface area contributed by atoms with Crippen LogP contribution in [0.15, 0.2) is 66.9 Å². The van der Waals surface area contributed by atoms with E-state index in [2.05, 4.69) is 16.2 Å². The molecule has 4 aromatic rings. The molecule has 180 valence electrons. The van der Waals surface area contributed by atoms with Gasteiger partial charge in [0.25, 0.3) is 0 Å². The first kappa shape index (κ1) is 23.4. The lowest BCUT2D eigenvalue weighted by Crippen LogP contribution is -2.14. The molecular formula is C29H26N4O3. The minimum atomic E-state index is -0.621. The number of nitrogens with zero attached hydrogens (tertiary/aromatic N) is 4.